The number of nitrogens with two attached hydrogens (primary N) is 1. The number of carbonyl (C=O) groups excluding carboxylic acids is 3. The van der Waals surface area contributed by atoms with Gasteiger partial charge in [0.15, 0.2) is 5.54 Å². The molecule has 3 aromatic rings. The molecule has 2 amide bonds. The highest BCUT2D eigenvalue weighted by molar-refractivity contribution is 7.86. The first-order valence-corrected chi connectivity index (χ1v) is 15.8. The summed E-state index contributed by atoms with van der Waals surface area (Å²) >= 11 is 0. The summed E-state index contributed by atoms with van der Waals surface area (Å²) in [5.74, 6) is -4.37. The fourth-order valence-electron chi connectivity index (χ4n) is 4.69. The molecule has 1 heterocycles. The number of anilines is 1. The Labute approximate surface area is 271 Å². The van der Waals surface area contributed by atoms with Gasteiger partial charge in [0, 0.05) is 28.4 Å². The molecule has 1 aromatic heterocycles. The number of amidine groups is 1. The fourth-order valence-corrected chi connectivity index (χ4v) is 5.11. The minimum absolute atomic E-state index is 0.0306. The lowest BCUT2D eigenvalue weighted by molar-refractivity contribution is -0.150. The number of rotatable bonds is 14. The molecule has 0 aliphatic rings. The van der Waals surface area contributed by atoms with Gasteiger partial charge in [0.2, 0.25) is 5.88 Å². The van der Waals surface area contributed by atoms with Crippen molar-refractivity contribution >= 4 is 45.4 Å². The number of benzene rings is 2. The minimum atomic E-state index is -4.03. The fraction of sp³-hybridized carbons (Fsp3) is 0.290. The van der Waals surface area contributed by atoms with Gasteiger partial charge in [-0.3, -0.25) is 19.2 Å². The number of ether oxygens (including phenoxy) is 2. The molecule has 250 valence electrons. The standard InChI is InChI=1S/C31H35N5O10S/c1-17(2)15-31(30(41)45-4,16-46-47(5,42)43)36-27(37)19-8-11-21(23(14-19)29(39)40)22-12-13-24(44-3)35-25(22)28(38)34-20-9-6-18(7-10-20)26(32)33/h6-14,17H,15-16H2,1-5H3,(H3,32,33)(H,34,38)(H,36,37)(H,39,40). The maximum Gasteiger partial charge on any atom is 0.336 e. The average molecular weight is 670 g/mol. The van der Waals surface area contributed by atoms with Crippen molar-refractivity contribution in [2.24, 2.45) is 11.7 Å². The molecule has 0 saturated heterocycles. The molecule has 0 bridgehead atoms. The number of aromatic carboxylic acids is 1. The van der Waals surface area contributed by atoms with E-state index in [9.17, 15) is 32.7 Å². The van der Waals surface area contributed by atoms with Crippen LogP contribution in [0.15, 0.2) is 54.6 Å². The summed E-state index contributed by atoms with van der Waals surface area (Å²) in [7, 11) is -1.62. The van der Waals surface area contributed by atoms with E-state index in [4.69, 9.17) is 24.8 Å². The molecule has 0 fully saturated rings. The summed E-state index contributed by atoms with van der Waals surface area (Å²) in [5, 5.41) is 22.9. The zero-order valence-electron chi connectivity index (χ0n) is 26.2. The van der Waals surface area contributed by atoms with Crippen LogP contribution >= 0.6 is 0 Å². The summed E-state index contributed by atoms with van der Waals surface area (Å²) < 4.78 is 38.5. The van der Waals surface area contributed by atoms with Crippen molar-refractivity contribution in [3.05, 3.63) is 77.0 Å². The summed E-state index contributed by atoms with van der Waals surface area (Å²) in [5.41, 5.74) is 3.69. The van der Waals surface area contributed by atoms with E-state index < -0.39 is 46.0 Å². The summed E-state index contributed by atoms with van der Waals surface area (Å²) in [4.78, 5) is 56.6. The van der Waals surface area contributed by atoms with Crippen LogP contribution in [0.3, 0.4) is 0 Å². The number of hydrogen-bond acceptors (Lipinski definition) is 11. The molecule has 0 aliphatic heterocycles. The number of esters is 1. The number of amides is 2. The predicted octanol–water partition coefficient (Wildman–Crippen LogP) is 2.66. The van der Waals surface area contributed by atoms with Gasteiger partial charge in [0.05, 0.1) is 26.0 Å². The summed E-state index contributed by atoms with van der Waals surface area (Å²) in [6.45, 7) is 2.71. The molecular weight excluding hydrogens is 634 g/mol. The molecule has 1 unspecified atom stereocenters. The molecule has 0 saturated carbocycles. The van der Waals surface area contributed by atoms with Gasteiger partial charge in [-0.25, -0.2) is 14.6 Å². The van der Waals surface area contributed by atoms with Crippen molar-refractivity contribution in [2.75, 3.05) is 32.4 Å². The van der Waals surface area contributed by atoms with Crippen molar-refractivity contribution in [3.8, 4) is 17.0 Å². The highest BCUT2D eigenvalue weighted by Crippen LogP contribution is 2.30. The van der Waals surface area contributed by atoms with Gasteiger partial charge in [-0.05, 0) is 60.4 Å². The number of methoxy groups -OCH3 is 2. The van der Waals surface area contributed by atoms with E-state index in [-0.39, 0.29) is 52.0 Å². The molecule has 16 heteroatoms. The molecule has 0 aliphatic carbocycles. The van der Waals surface area contributed by atoms with E-state index in [2.05, 4.69) is 15.6 Å². The first-order chi connectivity index (χ1) is 22.0. The lowest BCUT2D eigenvalue weighted by Crippen LogP contribution is -2.59. The maximum atomic E-state index is 13.5. The van der Waals surface area contributed by atoms with Crippen molar-refractivity contribution in [3.63, 3.8) is 0 Å². The van der Waals surface area contributed by atoms with E-state index in [1.165, 1.54) is 55.6 Å². The van der Waals surface area contributed by atoms with E-state index in [0.717, 1.165) is 19.4 Å². The molecular formula is C31H35N5O10S. The molecule has 0 radical (unpaired) electrons. The Morgan fingerprint density at radius 2 is 1.60 bits per heavy atom. The zero-order valence-corrected chi connectivity index (χ0v) is 27.1. The minimum Gasteiger partial charge on any atom is -0.481 e. The van der Waals surface area contributed by atoms with Crippen molar-refractivity contribution in [2.45, 2.75) is 25.8 Å². The van der Waals surface area contributed by atoms with Crippen molar-refractivity contribution in [1.29, 1.82) is 5.41 Å². The topological polar surface area (TPSA) is 237 Å². The molecule has 3 rings (SSSR count). The number of nitrogen functional groups attached to an aromatic ring is 1. The Kier molecular flexibility index (Phi) is 11.4. The first kappa shape index (κ1) is 36.1. The second-order valence-corrected chi connectivity index (χ2v) is 12.5. The normalized spacial score (nSPS) is 12.5. The molecule has 47 heavy (non-hydrogen) atoms. The van der Waals surface area contributed by atoms with Crippen LogP contribution in [0.2, 0.25) is 0 Å². The quantitative estimate of drug-likeness (QED) is 0.0721. The van der Waals surface area contributed by atoms with Gasteiger partial charge >= 0.3 is 11.9 Å². The third kappa shape index (κ3) is 9.11. The van der Waals surface area contributed by atoms with Crippen molar-refractivity contribution < 1.29 is 46.4 Å². The Morgan fingerprint density at radius 1 is 0.979 bits per heavy atom. The molecule has 15 nitrogen and oxygen atoms in total. The van der Waals surface area contributed by atoms with Crippen LogP contribution in [-0.4, -0.2) is 80.7 Å². The van der Waals surface area contributed by atoms with Gasteiger partial charge in [-0.15, -0.1) is 0 Å². The smallest absolute Gasteiger partial charge is 0.336 e. The zero-order chi connectivity index (χ0) is 35.1. The molecule has 0 spiro atoms. The van der Waals surface area contributed by atoms with E-state index in [1.807, 2.05) is 0 Å². The number of nitrogens with one attached hydrogen (secondary N) is 3. The number of carboxylic acids is 1. The summed E-state index contributed by atoms with van der Waals surface area (Å²) in [6.07, 6.45) is 0.717. The van der Waals surface area contributed by atoms with Crippen molar-refractivity contribution in [1.82, 2.24) is 10.3 Å². The number of pyridine rings is 1. The third-order valence-electron chi connectivity index (χ3n) is 6.76. The van der Waals surface area contributed by atoms with E-state index in [1.54, 1.807) is 13.8 Å². The van der Waals surface area contributed by atoms with Crippen LogP contribution in [0, 0.1) is 11.3 Å². The highest BCUT2D eigenvalue weighted by Gasteiger charge is 2.43. The highest BCUT2D eigenvalue weighted by atomic mass is 32.2. The van der Waals surface area contributed by atoms with Crippen LogP contribution in [0.1, 0.15) is 57.0 Å². The van der Waals surface area contributed by atoms with Gasteiger partial charge in [-0.1, -0.05) is 19.9 Å². The summed E-state index contributed by atoms with van der Waals surface area (Å²) in [6, 6.07) is 12.6. The second-order valence-electron chi connectivity index (χ2n) is 10.9. The third-order valence-corrected chi connectivity index (χ3v) is 7.30. The Morgan fingerprint density at radius 3 is 2.13 bits per heavy atom. The van der Waals surface area contributed by atoms with Crippen LogP contribution in [-0.2, 0) is 23.8 Å². The van der Waals surface area contributed by atoms with Crippen LogP contribution < -0.4 is 21.1 Å². The number of hydrogen-bond donors (Lipinski definition) is 5. The SMILES string of the molecule is COC(=O)C(COS(C)(=O)=O)(CC(C)C)NC(=O)c1ccc(-c2ccc(OC)nc2C(=O)Nc2ccc(C(=N)N)cc2)c(C(=O)O)c1. The van der Waals surface area contributed by atoms with Gasteiger partial charge in [0.1, 0.15) is 18.1 Å². The Hall–Kier alpha value is -5.35. The maximum absolute atomic E-state index is 13.5. The monoisotopic (exact) mass is 669 g/mol. The van der Waals surface area contributed by atoms with E-state index >= 15 is 0 Å². The van der Waals surface area contributed by atoms with Gasteiger partial charge < -0.3 is 30.9 Å². The van der Waals surface area contributed by atoms with Crippen LogP contribution in [0.25, 0.3) is 11.1 Å². The number of aromatic nitrogens is 1. The van der Waals surface area contributed by atoms with Crippen LogP contribution in [0.4, 0.5) is 5.69 Å². The second kappa shape index (κ2) is 14.8. The number of carboxylic acid groups (broad SMARTS) is 1. The predicted molar refractivity (Wildman–Crippen MR) is 171 cm³/mol. The van der Waals surface area contributed by atoms with Gasteiger partial charge in [-0.2, -0.15) is 8.42 Å². The Bertz CT molecular complexity index is 1810. The number of nitrogens with zero attached hydrogens (tertiary/aromatic N) is 1. The molecule has 1 atom stereocenters. The van der Waals surface area contributed by atoms with E-state index in [0.29, 0.717) is 11.3 Å². The largest absolute Gasteiger partial charge is 0.481 e. The Balaban J connectivity index is 2.07. The van der Waals surface area contributed by atoms with Gasteiger partial charge in [0.25, 0.3) is 21.9 Å². The average Bonchev–Trinajstić information content (AvgIpc) is 3.02. The molecule has 2 aromatic carbocycles. The molecule has 6 N–H and O–H groups in total. The first-order valence-electron chi connectivity index (χ1n) is 13.9. The lowest BCUT2D eigenvalue weighted by Gasteiger charge is -2.32. The van der Waals surface area contributed by atoms with Crippen LogP contribution in [0.5, 0.6) is 5.88 Å². The lowest BCUT2D eigenvalue weighted by atomic mass is 9.88. The number of carbonyl (C=O) groups is 4.